The van der Waals surface area contributed by atoms with Gasteiger partial charge in [-0.25, -0.2) is 0 Å². The highest BCUT2D eigenvalue weighted by Gasteiger charge is 2.17. The third-order valence-corrected chi connectivity index (χ3v) is 3.51. The highest BCUT2D eigenvalue weighted by atomic mass is 35.5. The van der Waals surface area contributed by atoms with E-state index in [-0.39, 0.29) is 17.8 Å². The molecule has 1 N–H and O–H groups in total. The number of non-ortho nitro benzene ring substituents is 1. The number of hydrogen-bond acceptors (Lipinski definition) is 4. The molecule has 2 aromatic rings. The van der Waals surface area contributed by atoms with E-state index in [9.17, 15) is 19.7 Å². The standard InChI is InChI=1S/C16H14ClN3O4/c1-19(10-15(21)18-14-8-3-2-7-13(14)17)16(22)11-5-4-6-12(9-11)20(23)24/h2-9H,10H2,1H3,(H,18,21). The van der Waals surface area contributed by atoms with Crippen LogP contribution in [0.1, 0.15) is 10.4 Å². The summed E-state index contributed by atoms with van der Waals surface area (Å²) in [5.74, 6) is -0.919. The van der Waals surface area contributed by atoms with Crippen LogP contribution < -0.4 is 5.32 Å². The number of nitrogens with zero attached hydrogens (tertiary/aromatic N) is 2. The molecule has 0 aliphatic rings. The molecule has 0 saturated carbocycles. The molecule has 24 heavy (non-hydrogen) atoms. The minimum Gasteiger partial charge on any atom is -0.332 e. The number of anilines is 1. The van der Waals surface area contributed by atoms with Gasteiger partial charge in [-0.15, -0.1) is 0 Å². The first-order chi connectivity index (χ1) is 11.4. The van der Waals surface area contributed by atoms with E-state index in [0.717, 1.165) is 0 Å². The van der Waals surface area contributed by atoms with Crippen molar-refractivity contribution in [1.29, 1.82) is 0 Å². The fraction of sp³-hybridized carbons (Fsp3) is 0.125. The fourth-order valence-electron chi connectivity index (χ4n) is 2.01. The van der Waals surface area contributed by atoms with Crippen molar-refractivity contribution in [2.75, 3.05) is 18.9 Å². The summed E-state index contributed by atoms with van der Waals surface area (Å²) in [6.07, 6.45) is 0. The molecule has 2 amide bonds. The number of nitrogens with one attached hydrogen (secondary N) is 1. The number of nitro groups is 1. The second kappa shape index (κ2) is 7.56. The Morgan fingerprint density at radius 1 is 1.21 bits per heavy atom. The molecule has 0 spiro atoms. The lowest BCUT2D eigenvalue weighted by Gasteiger charge is -2.17. The third-order valence-electron chi connectivity index (χ3n) is 3.18. The van der Waals surface area contributed by atoms with Gasteiger partial charge in [-0.3, -0.25) is 19.7 Å². The van der Waals surface area contributed by atoms with E-state index in [1.54, 1.807) is 24.3 Å². The molecule has 124 valence electrons. The summed E-state index contributed by atoms with van der Waals surface area (Å²) < 4.78 is 0. The van der Waals surface area contributed by atoms with Crippen LogP contribution in [0.3, 0.4) is 0 Å². The van der Waals surface area contributed by atoms with Gasteiger partial charge in [0, 0.05) is 24.7 Å². The summed E-state index contributed by atoms with van der Waals surface area (Å²) in [7, 11) is 1.44. The molecular formula is C16H14ClN3O4. The molecule has 0 unspecified atom stereocenters. The zero-order valence-electron chi connectivity index (χ0n) is 12.7. The van der Waals surface area contributed by atoms with E-state index in [1.807, 2.05) is 0 Å². The summed E-state index contributed by atoms with van der Waals surface area (Å²) >= 11 is 5.95. The summed E-state index contributed by atoms with van der Waals surface area (Å²) in [5.41, 5.74) is 0.396. The predicted molar refractivity (Wildman–Crippen MR) is 90.1 cm³/mol. The Morgan fingerprint density at radius 2 is 1.92 bits per heavy atom. The van der Waals surface area contributed by atoms with E-state index < -0.39 is 16.7 Å². The van der Waals surface area contributed by atoms with Crippen molar-refractivity contribution in [2.24, 2.45) is 0 Å². The largest absolute Gasteiger partial charge is 0.332 e. The maximum Gasteiger partial charge on any atom is 0.270 e. The molecule has 8 heteroatoms. The van der Waals surface area contributed by atoms with Gasteiger partial charge in [0.15, 0.2) is 0 Å². The number of halogens is 1. The van der Waals surface area contributed by atoms with Gasteiger partial charge in [-0.2, -0.15) is 0 Å². The number of likely N-dealkylation sites (N-methyl/N-ethyl adjacent to an activating group) is 1. The van der Waals surface area contributed by atoms with Gasteiger partial charge in [-0.1, -0.05) is 29.8 Å². The highest BCUT2D eigenvalue weighted by molar-refractivity contribution is 6.33. The number of nitro benzene ring substituents is 1. The van der Waals surface area contributed by atoms with Gasteiger partial charge in [0.2, 0.25) is 5.91 Å². The van der Waals surface area contributed by atoms with Crippen LogP contribution in [0.5, 0.6) is 0 Å². The zero-order chi connectivity index (χ0) is 17.7. The van der Waals surface area contributed by atoms with Crippen LogP contribution in [0.4, 0.5) is 11.4 Å². The topological polar surface area (TPSA) is 92.6 Å². The van der Waals surface area contributed by atoms with E-state index in [4.69, 9.17) is 11.6 Å². The van der Waals surface area contributed by atoms with Gasteiger partial charge in [0.05, 0.1) is 22.2 Å². The summed E-state index contributed by atoms with van der Waals surface area (Å²) in [6, 6.07) is 12.1. The van der Waals surface area contributed by atoms with Crippen molar-refractivity contribution in [2.45, 2.75) is 0 Å². The lowest BCUT2D eigenvalue weighted by molar-refractivity contribution is -0.384. The number of para-hydroxylation sites is 1. The average molecular weight is 348 g/mol. The van der Waals surface area contributed by atoms with Crippen molar-refractivity contribution in [3.05, 3.63) is 69.2 Å². The highest BCUT2D eigenvalue weighted by Crippen LogP contribution is 2.20. The van der Waals surface area contributed by atoms with Crippen LogP contribution in [0, 0.1) is 10.1 Å². The molecule has 0 saturated heterocycles. The predicted octanol–water partition coefficient (Wildman–Crippen LogP) is 2.96. The summed E-state index contributed by atoms with van der Waals surface area (Å²) in [6.45, 7) is -0.216. The fourth-order valence-corrected chi connectivity index (χ4v) is 2.20. The van der Waals surface area contributed by atoms with Crippen molar-refractivity contribution in [1.82, 2.24) is 4.90 Å². The second-order valence-corrected chi connectivity index (χ2v) is 5.40. The van der Waals surface area contributed by atoms with Crippen molar-refractivity contribution < 1.29 is 14.5 Å². The Balaban J connectivity index is 2.03. The van der Waals surface area contributed by atoms with Crippen LogP contribution in [-0.2, 0) is 4.79 Å². The van der Waals surface area contributed by atoms with Gasteiger partial charge in [0.1, 0.15) is 0 Å². The zero-order valence-corrected chi connectivity index (χ0v) is 13.5. The molecule has 0 aliphatic heterocycles. The van der Waals surface area contributed by atoms with Crippen LogP contribution in [-0.4, -0.2) is 35.2 Å². The van der Waals surface area contributed by atoms with Crippen LogP contribution in [0.15, 0.2) is 48.5 Å². The molecule has 2 aromatic carbocycles. The molecule has 0 aliphatic carbocycles. The van der Waals surface area contributed by atoms with E-state index in [2.05, 4.69) is 5.32 Å². The SMILES string of the molecule is CN(CC(=O)Nc1ccccc1Cl)C(=O)c1cccc([N+](=O)[O-])c1. The first-order valence-corrected chi connectivity index (χ1v) is 7.30. The molecule has 7 nitrogen and oxygen atoms in total. The summed E-state index contributed by atoms with van der Waals surface area (Å²) in [5, 5.41) is 13.8. The second-order valence-electron chi connectivity index (χ2n) is 5.00. The lowest BCUT2D eigenvalue weighted by atomic mass is 10.2. The first kappa shape index (κ1) is 17.4. The third kappa shape index (κ3) is 4.30. The van der Waals surface area contributed by atoms with E-state index in [1.165, 1.54) is 36.2 Å². The molecule has 2 rings (SSSR count). The minimum atomic E-state index is -0.582. The van der Waals surface area contributed by atoms with Crippen molar-refractivity contribution >= 4 is 34.8 Å². The van der Waals surface area contributed by atoms with Gasteiger partial charge < -0.3 is 10.2 Å². The maximum absolute atomic E-state index is 12.3. The Bertz CT molecular complexity index is 794. The van der Waals surface area contributed by atoms with Crippen molar-refractivity contribution in [3.8, 4) is 0 Å². The maximum atomic E-state index is 12.3. The van der Waals surface area contributed by atoms with Crippen molar-refractivity contribution in [3.63, 3.8) is 0 Å². The minimum absolute atomic E-state index is 0.136. The van der Waals surface area contributed by atoms with Crippen LogP contribution >= 0.6 is 11.6 Å². The molecule has 0 aromatic heterocycles. The molecule has 0 atom stereocenters. The summed E-state index contributed by atoms with van der Waals surface area (Å²) in [4.78, 5) is 35.6. The molecule has 0 bridgehead atoms. The number of hydrogen-bond donors (Lipinski definition) is 1. The number of carbonyl (C=O) groups is 2. The smallest absolute Gasteiger partial charge is 0.270 e. The normalized spacial score (nSPS) is 10.1. The molecular weight excluding hydrogens is 334 g/mol. The number of rotatable bonds is 5. The van der Waals surface area contributed by atoms with Crippen LogP contribution in [0.25, 0.3) is 0 Å². The molecule has 0 radical (unpaired) electrons. The first-order valence-electron chi connectivity index (χ1n) is 6.93. The number of carbonyl (C=O) groups excluding carboxylic acids is 2. The monoisotopic (exact) mass is 347 g/mol. The lowest BCUT2D eigenvalue weighted by Crippen LogP contribution is -2.35. The van der Waals surface area contributed by atoms with Gasteiger partial charge in [-0.05, 0) is 18.2 Å². The van der Waals surface area contributed by atoms with Crippen LogP contribution in [0.2, 0.25) is 5.02 Å². The Labute approximate surface area is 143 Å². The van der Waals surface area contributed by atoms with E-state index in [0.29, 0.717) is 10.7 Å². The Morgan fingerprint density at radius 3 is 2.58 bits per heavy atom. The quantitative estimate of drug-likeness (QED) is 0.664. The average Bonchev–Trinajstić information content (AvgIpc) is 2.56. The van der Waals surface area contributed by atoms with Gasteiger partial charge >= 0.3 is 0 Å². The molecule has 0 heterocycles. The molecule has 0 fully saturated rings. The number of amides is 2. The van der Waals surface area contributed by atoms with E-state index >= 15 is 0 Å². The Hall–Kier alpha value is -2.93. The van der Waals surface area contributed by atoms with Gasteiger partial charge in [0.25, 0.3) is 11.6 Å². The number of benzene rings is 2. The Kier molecular flexibility index (Phi) is 5.49.